The zero-order valence-corrected chi connectivity index (χ0v) is 15.9. The number of hydrogen-bond donors (Lipinski definition) is 1. The van der Waals surface area contributed by atoms with Crippen molar-refractivity contribution in [2.75, 3.05) is 23.7 Å². The fourth-order valence-electron chi connectivity index (χ4n) is 2.71. The van der Waals surface area contributed by atoms with E-state index in [2.05, 4.69) is 5.32 Å². The first-order chi connectivity index (χ1) is 11.7. The van der Waals surface area contributed by atoms with Crippen LogP contribution in [0.2, 0.25) is 0 Å². The minimum absolute atomic E-state index is 0.181. The highest BCUT2D eigenvalue weighted by atomic mass is 32.2. The van der Waals surface area contributed by atoms with Crippen molar-refractivity contribution < 1.29 is 13.2 Å². The van der Waals surface area contributed by atoms with Crippen molar-refractivity contribution in [1.82, 2.24) is 5.32 Å². The molecule has 0 saturated heterocycles. The van der Waals surface area contributed by atoms with Crippen LogP contribution in [0.4, 0.5) is 5.69 Å². The van der Waals surface area contributed by atoms with Gasteiger partial charge >= 0.3 is 0 Å². The van der Waals surface area contributed by atoms with Crippen molar-refractivity contribution >= 4 is 21.6 Å². The van der Waals surface area contributed by atoms with Gasteiger partial charge in [0.2, 0.25) is 10.0 Å². The first-order valence-electron chi connectivity index (χ1n) is 8.08. The number of aryl methyl sites for hydroxylation is 3. The zero-order chi connectivity index (χ0) is 18.6. The van der Waals surface area contributed by atoms with Gasteiger partial charge in [-0.15, -0.1) is 0 Å². The standard InChI is InChI=1S/C19H24N2O3S/c1-14-6-5-7-17(13-14)19(22)20-10-11-21(25(4,23)24)18-9-8-15(2)12-16(18)3/h5-9,12-13H,10-11H2,1-4H3,(H,20,22). The predicted octanol–water partition coefficient (Wildman–Crippen LogP) is 2.81. The van der Waals surface area contributed by atoms with Gasteiger partial charge in [0.25, 0.3) is 5.91 Å². The number of nitrogens with zero attached hydrogens (tertiary/aromatic N) is 1. The van der Waals surface area contributed by atoms with Gasteiger partial charge < -0.3 is 5.32 Å². The van der Waals surface area contributed by atoms with Crippen LogP contribution in [-0.4, -0.2) is 33.7 Å². The lowest BCUT2D eigenvalue weighted by Gasteiger charge is -2.24. The first-order valence-corrected chi connectivity index (χ1v) is 9.93. The molecule has 6 heteroatoms. The Morgan fingerprint density at radius 3 is 2.32 bits per heavy atom. The van der Waals surface area contributed by atoms with Crippen molar-refractivity contribution in [3.63, 3.8) is 0 Å². The number of anilines is 1. The van der Waals surface area contributed by atoms with E-state index >= 15 is 0 Å². The van der Waals surface area contributed by atoms with Crippen molar-refractivity contribution in [1.29, 1.82) is 0 Å². The number of rotatable bonds is 6. The maximum Gasteiger partial charge on any atom is 0.251 e. The lowest BCUT2D eigenvalue weighted by atomic mass is 10.1. The first kappa shape index (κ1) is 19.0. The molecule has 0 aliphatic heterocycles. The summed E-state index contributed by atoms with van der Waals surface area (Å²) < 4.78 is 25.7. The lowest BCUT2D eigenvalue weighted by molar-refractivity contribution is 0.0954. The van der Waals surface area contributed by atoms with Crippen molar-refractivity contribution in [3.8, 4) is 0 Å². The summed E-state index contributed by atoms with van der Waals surface area (Å²) >= 11 is 0. The highest BCUT2D eigenvalue weighted by molar-refractivity contribution is 7.92. The molecule has 0 heterocycles. The molecule has 2 aromatic rings. The number of amides is 1. The molecule has 1 amide bonds. The van der Waals surface area contributed by atoms with Gasteiger partial charge in [-0.3, -0.25) is 9.10 Å². The van der Waals surface area contributed by atoms with Crippen LogP contribution in [0.15, 0.2) is 42.5 Å². The summed E-state index contributed by atoms with van der Waals surface area (Å²) in [5.41, 5.74) is 4.16. The molecule has 25 heavy (non-hydrogen) atoms. The molecule has 2 rings (SSSR count). The van der Waals surface area contributed by atoms with E-state index in [4.69, 9.17) is 0 Å². The van der Waals surface area contributed by atoms with E-state index in [0.29, 0.717) is 11.3 Å². The molecule has 0 unspecified atom stereocenters. The molecule has 0 saturated carbocycles. The van der Waals surface area contributed by atoms with Gasteiger partial charge in [0.1, 0.15) is 0 Å². The molecule has 0 radical (unpaired) electrons. The van der Waals surface area contributed by atoms with Gasteiger partial charge in [0, 0.05) is 12.1 Å². The number of carbonyl (C=O) groups is 1. The van der Waals surface area contributed by atoms with E-state index in [9.17, 15) is 13.2 Å². The summed E-state index contributed by atoms with van der Waals surface area (Å²) in [5, 5.41) is 2.78. The topological polar surface area (TPSA) is 66.5 Å². The summed E-state index contributed by atoms with van der Waals surface area (Å²) in [6, 6.07) is 12.9. The second-order valence-corrected chi connectivity index (χ2v) is 8.16. The average molecular weight is 360 g/mol. The molecule has 5 nitrogen and oxygen atoms in total. The molecular weight excluding hydrogens is 336 g/mol. The Bertz CT molecular complexity index is 876. The summed E-state index contributed by atoms with van der Waals surface area (Å²) in [5.74, 6) is -0.210. The van der Waals surface area contributed by atoms with Crippen LogP contribution < -0.4 is 9.62 Å². The molecule has 0 bridgehead atoms. The van der Waals surface area contributed by atoms with E-state index in [-0.39, 0.29) is 19.0 Å². The largest absolute Gasteiger partial charge is 0.350 e. The van der Waals surface area contributed by atoms with E-state index < -0.39 is 10.0 Å². The molecule has 0 aliphatic carbocycles. The fourth-order valence-corrected chi connectivity index (χ4v) is 3.69. The maximum absolute atomic E-state index is 12.2. The quantitative estimate of drug-likeness (QED) is 0.861. The Morgan fingerprint density at radius 1 is 1.04 bits per heavy atom. The van der Waals surface area contributed by atoms with E-state index in [1.165, 1.54) is 10.6 Å². The molecule has 1 N–H and O–H groups in total. The molecule has 134 valence electrons. The van der Waals surface area contributed by atoms with E-state index in [1.807, 2.05) is 45.0 Å². The Balaban J connectivity index is 2.10. The molecule has 0 spiro atoms. The fraction of sp³-hybridized carbons (Fsp3) is 0.316. The Morgan fingerprint density at radius 2 is 1.72 bits per heavy atom. The summed E-state index contributed by atoms with van der Waals surface area (Å²) in [6.07, 6.45) is 1.18. The Hall–Kier alpha value is -2.34. The van der Waals surface area contributed by atoms with E-state index in [0.717, 1.165) is 16.7 Å². The number of nitrogens with one attached hydrogen (secondary N) is 1. The van der Waals surface area contributed by atoms with Crippen LogP contribution in [0.1, 0.15) is 27.0 Å². The van der Waals surface area contributed by atoms with Gasteiger partial charge in [-0.05, 0) is 44.5 Å². The molecule has 0 fully saturated rings. The SMILES string of the molecule is Cc1cccc(C(=O)NCCN(c2ccc(C)cc2C)S(C)(=O)=O)c1. The molecule has 0 aliphatic rings. The number of sulfonamides is 1. The third kappa shape index (κ3) is 5.06. The van der Waals surface area contributed by atoms with Crippen molar-refractivity contribution in [3.05, 3.63) is 64.7 Å². The van der Waals surface area contributed by atoms with Gasteiger partial charge in [0.15, 0.2) is 0 Å². The Labute approximate surface area is 149 Å². The van der Waals surface area contributed by atoms with E-state index in [1.54, 1.807) is 18.2 Å². The third-order valence-electron chi connectivity index (χ3n) is 3.90. The summed E-state index contributed by atoms with van der Waals surface area (Å²) in [4.78, 5) is 12.2. The predicted molar refractivity (Wildman–Crippen MR) is 102 cm³/mol. The second-order valence-electron chi connectivity index (χ2n) is 6.25. The van der Waals surface area contributed by atoms with Gasteiger partial charge in [-0.1, -0.05) is 35.4 Å². The minimum Gasteiger partial charge on any atom is -0.350 e. The van der Waals surface area contributed by atoms with Crippen LogP contribution in [0, 0.1) is 20.8 Å². The molecule has 0 atom stereocenters. The summed E-state index contributed by atoms with van der Waals surface area (Å²) in [7, 11) is -3.44. The third-order valence-corrected chi connectivity index (χ3v) is 5.08. The second kappa shape index (κ2) is 7.70. The van der Waals surface area contributed by atoms with Crippen LogP contribution in [-0.2, 0) is 10.0 Å². The Kier molecular flexibility index (Phi) is 5.85. The highest BCUT2D eigenvalue weighted by Gasteiger charge is 2.19. The number of carbonyl (C=O) groups excluding carboxylic acids is 1. The van der Waals surface area contributed by atoms with Crippen LogP contribution in [0.25, 0.3) is 0 Å². The number of benzene rings is 2. The smallest absolute Gasteiger partial charge is 0.251 e. The molecule has 0 aromatic heterocycles. The monoisotopic (exact) mass is 360 g/mol. The van der Waals surface area contributed by atoms with Crippen molar-refractivity contribution in [2.24, 2.45) is 0 Å². The normalized spacial score (nSPS) is 11.2. The average Bonchev–Trinajstić information content (AvgIpc) is 2.51. The van der Waals surface area contributed by atoms with Crippen LogP contribution >= 0.6 is 0 Å². The lowest BCUT2D eigenvalue weighted by Crippen LogP contribution is -2.38. The maximum atomic E-state index is 12.2. The minimum atomic E-state index is -3.44. The highest BCUT2D eigenvalue weighted by Crippen LogP contribution is 2.23. The van der Waals surface area contributed by atoms with Gasteiger partial charge in [-0.2, -0.15) is 0 Å². The van der Waals surface area contributed by atoms with Gasteiger partial charge in [-0.25, -0.2) is 8.42 Å². The molecular formula is C19H24N2O3S. The van der Waals surface area contributed by atoms with Crippen LogP contribution in [0.5, 0.6) is 0 Å². The summed E-state index contributed by atoms with van der Waals surface area (Å²) in [6.45, 7) is 6.17. The van der Waals surface area contributed by atoms with Crippen molar-refractivity contribution in [2.45, 2.75) is 20.8 Å². The molecule has 2 aromatic carbocycles. The number of hydrogen-bond acceptors (Lipinski definition) is 3. The zero-order valence-electron chi connectivity index (χ0n) is 15.0. The van der Waals surface area contributed by atoms with Crippen LogP contribution in [0.3, 0.4) is 0 Å². The van der Waals surface area contributed by atoms with Gasteiger partial charge in [0.05, 0.1) is 18.5 Å².